The molecule has 1 aliphatic carbocycles. The van der Waals surface area contributed by atoms with E-state index in [-0.39, 0.29) is 18.6 Å². The molecule has 1 rings (SSSR count). The monoisotopic (exact) mass is 278 g/mol. The van der Waals surface area contributed by atoms with Gasteiger partial charge in [0, 0.05) is 12.6 Å². The molecule has 0 aromatic carbocycles. The van der Waals surface area contributed by atoms with Gasteiger partial charge in [0.2, 0.25) is 0 Å². The maximum Gasteiger partial charge on any atom is 0.411 e. The Kier molecular flexibility index (Phi) is 5.63. The highest BCUT2D eigenvalue weighted by atomic mass is 19.4. The van der Waals surface area contributed by atoms with Crippen molar-refractivity contribution >= 4 is 0 Å². The molecule has 0 saturated heterocycles. The molecule has 6 heteroatoms. The first kappa shape index (κ1) is 16.3. The summed E-state index contributed by atoms with van der Waals surface area (Å²) in [7, 11) is 0. The third kappa shape index (κ3) is 5.00. The van der Waals surface area contributed by atoms with Crippen LogP contribution >= 0.6 is 0 Å². The molecule has 0 heterocycles. The number of alkyl halides is 3. The first-order valence-electron chi connectivity index (χ1n) is 6.62. The Morgan fingerprint density at radius 2 is 2.16 bits per heavy atom. The van der Waals surface area contributed by atoms with Gasteiger partial charge in [0.25, 0.3) is 0 Å². The van der Waals surface area contributed by atoms with Gasteiger partial charge in [-0.1, -0.05) is 6.42 Å². The Morgan fingerprint density at radius 1 is 1.47 bits per heavy atom. The summed E-state index contributed by atoms with van der Waals surface area (Å²) < 4.78 is 40.5. The minimum Gasteiger partial charge on any atom is -0.372 e. The molecule has 0 amide bonds. The van der Waals surface area contributed by atoms with Crippen LogP contribution in [-0.2, 0) is 4.74 Å². The van der Waals surface area contributed by atoms with Crippen LogP contribution in [0.3, 0.4) is 0 Å². The number of nitrogens with zero attached hydrogens (tertiary/aromatic N) is 1. The van der Waals surface area contributed by atoms with E-state index in [1.165, 1.54) is 0 Å². The van der Waals surface area contributed by atoms with Crippen molar-refractivity contribution in [3.8, 4) is 6.07 Å². The molecule has 0 radical (unpaired) electrons. The summed E-state index contributed by atoms with van der Waals surface area (Å²) in [6, 6.07) is 2.50. The number of rotatable bonds is 6. The van der Waals surface area contributed by atoms with Gasteiger partial charge in [0.05, 0.1) is 6.07 Å². The summed E-state index contributed by atoms with van der Waals surface area (Å²) in [6.07, 6.45) is -1.24. The molecule has 110 valence electrons. The van der Waals surface area contributed by atoms with E-state index in [9.17, 15) is 18.4 Å². The van der Waals surface area contributed by atoms with Crippen LogP contribution in [0.25, 0.3) is 0 Å². The number of nitriles is 1. The van der Waals surface area contributed by atoms with Gasteiger partial charge in [-0.3, -0.25) is 5.32 Å². The molecule has 0 bridgehead atoms. The predicted octanol–water partition coefficient (Wildman–Crippen LogP) is 3.02. The van der Waals surface area contributed by atoms with E-state index in [0.29, 0.717) is 6.42 Å². The van der Waals surface area contributed by atoms with E-state index < -0.39 is 18.3 Å². The van der Waals surface area contributed by atoms with Gasteiger partial charge in [-0.2, -0.15) is 18.4 Å². The summed E-state index contributed by atoms with van der Waals surface area (Å²) in [4.78, 5) is 0. The number of halogens is 3. The van der Waals surface area contributed by atoms with Gasteiger partial charge in [-0.15, -0.1) is 0 Å². The lowest BCUT2D eigenvalue weighted by Crippen LogP contribution is -2.50. The molecule has 0 aromatic rings. The average Bonchev–Trinajstić information content (AvgIpc) is 2.66. The largest absolute Gasteiger partial charge is 0.411 e. The molecule has 1 fully saturated rings. The van der Waals surface area contributed by atoms with E-state index in [2.05, 4.69) is 16.1 Å². The van der Waals surface area contributed by atoms with Crippen molar-refractivity contribution < 1.29 is 17.9 Å². The SMILES string of the molecule is CC(C)NC1(C#N)CCCC1CCOCC(F)(F)F. The maximum atomic E-state index is 12.0. The zero-order valence-corrected chi connectivity index (χ0v) is 11.4. The van der Waals surface area contributed by atoms with Crippen LogP contribution in [0.2, 0.25) is 0 Å². The van der Waals surface area contributed by atoms with Gasteiger partial charge in [-0.05, 0) is 39.0 Å². The molecular formula is C13H21F3N2O. The topological polar surface area (TPSA) is 45.0 Å². The van der Waals surface area contributed by atoms with Crippen molar-refractivity contribution in [2.75, 3.05) is 13.2 Å². The Bertz CT molecular complexity index is 325. The van der Waals surface area contributed by atoms with Crippen LogP contribution in [0.4, 0.5) is 13.2 Å². The highest BCUT2D eigenvalue weighted by molar-refractivity contribution is 5.14. The van der Waals surface area contributed by atoms with E-state index in [4.69, 9.17) is 0 Å². The van der Waals surface area contributed by atoms with Crippen LogP contribution in [0.1, 0.15) is 39.5 Å². The Labute approximate surface area is 112 Å². The summed E-state index contributed by atoms with van der Waals surface area (Å²) in [5, 5.41) is 12.7. The second kappa shape index (κ2) is 6.58. The molecule has 0 aliphatic heterocycles. The van der Waals surface area contributed by atoms with Gasteiger partial charge in [0.1, 0.15) is 12.1 Å². The molecule has 2 unspecified atom stereocenters. The second-order valence-corrected chi connectivity index (χ2v) is 5.43. The number of hydrogen-bond acceptors (Lipinski definition) is 3. The summed E-state index contributed by atoms with van der Waals surface area (Å²) in [6.45, 7) is 2.77. The lowest BCUT2D eigenvalue weighted by molar-refractivity contribution is -0.174. The Balaban J connectivity index is 2.45. The lowest BCUT2D eigenvalue weighted by Gasteiger charge is -2.32. The van der Waals surface area contributed by atoms with Crippen LogP contribution < -0.4 is 5.32 Å². The number of hydrogen-bond donors (Lipinski definition) is 1. The minimum atomic E-state index is -4.28. The third-order valence-corrected chi connectivity index (χ3v) is 3.44. The first-order valence-corrected chi connectivity index (χ1v) is 6.62. The highest BCUT2D eigenvalue weighted by Crippen LogP contribution is 2.38. The second-order valence-electron chi connectivity index (χ2n) is 5.43. The van der Waals surface area contributed by atoms with Gasteiger partial charge in [0.15, 0.2) is 0 Å². The van der Waals surface area contributed by atoms with Gasteiger partial charge < -0.3 is 4.74 Å². The van der Waals surface area contributed by atoms with Crippen LogP contribution in [0, 0.1) is 17.2 Å². The molecule has 1 aliphatic rings. The fraction of sp³-hybridized carbons (Fsp3) is 0.923. The summed E-state index contributed by atoms with van der Waals surface area (Å²) in [5.74, 6) is 0.0631. The van der Waals surface area contributed by atoms with Crippen molar-refractivity contribution in [1.29, 1.82) is 5.26 Å². The standard InChI is InChI=1S/C13H21F3N2O/c1-10(2)18-12(8-17)6-3-4-11(12)5-7-19-9-13(14,15)16/h10-11,18H,3-7,9H2,1-2H3. The van der Waals surface area contributed by atoms with E-state index in [1.807, 2.05) is 13.8 Å². The smallest absolute Gasteiger partial charge is 0.372 e. The zero-order chi connectivity index (χ0) is 14.5. The van der Waals surface area contributed by atoms with Crippen molar-refractivity contribution in [3.05, 3.63) is 0 Å². The van der Waals surface area contributed by atoms with Crippen molar-refractivity contribution in [2.24, 2.45) is 5.92 Å². The van der Waals surface area contributed by atoms with Crippen LogP contribution in [-0.4, -0.2) is 31.0 Å². The molecule has 19 heavy (non-hydrogen) atoms. The van der Waals surface area contributed by atoms with Crippen molar-refractivity contribution in [3.63, 3.8) is 0 Å². The Hall–Kier alpha value is -0.800. The van der Waals surface area contributed by atoms with Crippen molar-refractivity contribution in [2.45, 2.75) is 57.3 Å². The number of nitrogens with one attached hydrogen (secondary N) is 1. The zero-order valence-electron chi connectivity index (χ0n) is 11.4. The first-order chi connectivity index (χ1) is 8.79. The Morgan fingerprint density at radius 3 is 2.68 bits per heavy atom. The minimum absolute atomic E-state index is 0.0490. The molecule has 0 spiro atoms. The van der Waals surface area contributed by atoms with Crippen LogP contribution in [0.15, 0.2) is 0 Å². The third-order valence-electron chi connectivity index (χ3n) is 3.44. The van der Waals surface area contributed by atoms with E-state index >= 15 is 0 Å². The molecule has 1 N–H and O–H groups in total. The van der Waals surface area contributed by atoms with Gasteiger partial charge >= 0.3 is 6.18 Å². The fourth-order valence-electron chi connectivity index (χ4n) is 2.77. The molecule has 1 saturated carbocycles. The van der Waals surface area contributed by atoms with Crippen LogP contribution in [0.5, 0.6) is 0 Å². The lowest BCUT2D eigenvalue weighted by atomic mass is 9.85. The predicted molar refractivity (Wildman–Crippen MR) is 65.4 cm³/mol. The normalized spacial score (nSPS) is 27.7. The quantitative estimate of drug-likeness (QED) is 0.760. The number of ether oxygens (including phenoxy) is 1. The van der Waals surface area contributed by atoms with E-state index in [1.54, 1.807) is 0 Å². The molecule has 3 nitrogen and oxygen atoms in total. The van der Waals surface area contributed by atoms with Crippen molar-refractivity contribution in [1.82, 2.24) is 5.32 Å². The molecule has 0 aromatic heterocycles. The maximum absolute atomic E-state index is 12.0. The highest BCUT2D eigenvalue weighted by Gasteiger charge is 2.43. The fourth-order valence-corrected chi connectivity index (χ4v) is 2.77. The summed E-state index contributed by atoms with van der Waals surface area (Å²) in [5.41, 5.74) is -0.601. The molecular weight excluding hydrogens is 257 g/mol. The van der Waals surface area contributed by atoms with E-state index in [0.717, 1.165) is 19.3 Å². The summed E-state index contributed by atoms with van der Waals surface area (Å²) >= 11 is 0. The van der Waals surface area contributed by atoms with Gasteiger partial charge in [-0.25, -0.2) is 0 Å². The molecule has 2 atom stereocenters. The average molecular weight is 278 g/mol.